The van der Waals surface area contributed by atoms with Crippen LogP contribution in [0.5, 0.6) is 0 Å². The summed E-state index contributed by atoms with van der Waals surface area (Å²) in [6, 6.07) is 8.07. The zero-order chi connectivity index (χ0) is 13.4. The molecule has 0 radical (unpaired) electrons. The lowest BCUT2D eigenvalue weighted by Gasteiger charge is -2.35. The van der Waals surface area contributed by atoms with E-state index in [-0.39, 0.29) is 18.1 Å². The molecule has 1 saturated heterocycles. The Hall–Kier alpha value is -1.39. The summed E-state index contributed by atoms with van der Waals surface area (Å²) >= 11 is 1.63. The van der Waals surface area contributed by atoms with Crippen LogP contribution in [0.25, 0.3) is 10.1 Å². The van der Waals surface area contributed by atoms with Gasteiger partial charge in [0, 0.05) is 28.6 Å². The lowest BCUT2D eigenvalue weighted by molar-refractivity contribution is -0.0585. The van der Waals surface area contributed by atoms with Gasteiger partial charge >= 0.3 is 0 Å². The highest BCUT2D eigenvalue weighted by atomic mass is 32.1. The minimum absolute atomic E-state index is 0.109. The molecule has 0 N–H and O–H groups in total. The first-order chi connectivity index (χ1) is 9.15. The van der Waals surface area contributed by atoms with Gasteiger partial charge in [0.1, 0.15) is 0 Å². The molecule has 1 aromatic carbocycles. The molecule has 0 bridgehead atoms. The maximum Gasteiger partial charge on any atom is 0.255 e. The number of thiophene rings is 1. The van der Waals surface area contributed by atoms with E-state index in [1.165, 1.54) is 4.70 Å². The summed E-state index contributed by atoms with van der Waals surface area (Å²) in [7, 11) is 0. The van der Waals surface area contributed by atoms with Gasteiger partial charge in [0.25, 0.3) is 5.91 Å². The van der Waals surface area contributed by atoms with Gasteiger partial charge in [-0.2, -0.15) is 0 Å². The van der Waals surface area contributed by atoms with Gasteiger partial charge in [-0.15, -0.1) is 11.3 Å². The Labute approximate surface area is 116 Å². The van der Waals surface area contributed by atoms with Crippen LogP contribution in [0.3, 0.4) is 0 Å². The van der Waals surface area contributed by atoms with E-state index >= 15 is 0 Å². The van der Waals surface area contributed by atoms with Crippen LogP contribution < -0.4 is 0 Å². The average molecular weight is 275 g/mol. The van der Waals surface area contributed by atoms with E-state index in [1.807, 2.05) is 42.3 Å². The number of hydrogen-bond donors (Lipinski definition) is 0. The third kappa shape index (κ3) is 2.38. The second-order valence-electron chi connectivity index (χ2n) is 5.11. The smallest absolute Gasteiger partial charge is 0.255 e. The van der Waals surface area contributed by atoms with Gasteiger partial charge < -0.3 is 9.64 Å². The number of ether oxygens (including phenoxy) is 1. The zero-order valence-corrected chi connectivity index (χ0v) is 11.9. The monoisotopic (exact) mass is 275 g/mol. The van der Waals surface area contributed by atoms with Crippen LogP contribution in [0.2, 0.25) is 0 Å². The third-order valence-electron chi connectivity index (χ3n) is 3.42. The van der Waals surface area contributed by atoms with Crippen molar-refractivity contribution in [1.82, 2.24) is 4.90 Å². The second kappa shape index (κ2) is 4.94. The van der Waals surface area contributed by atoms with Crippen molar-refractivity contribution in [2.75, 3.05) is 13.1 Å². The molecule has 4 heteroatoms. The van der Waals surface area contributed by atoms with E-state index in [4.69, 9.17) is 4.74 Å². The molecule has 1 aliphatic rings. The maximum absolute atomic E-state index is 12.6. The fourth-order valence-electron chi connectivity index (χ4n) is 2.66. The van der Waals surface area contributed by atoms with Crippen LogP contribution in [0.4, 0.5) is 0 Å². The molecule has 3 rings (SSSR count). The van der Waals surface area contributed by atoms with E-state index in [2.05, 4.69) is 6.07 Å². The summed E-state index contributed by atoms with van der Waals surface area (Å²) in [5, 5.41) is 3.03. The van der Waals surface area contributed by atoms with Crippen LogP contribution in [-0.4, -0.2) is 36.1 Å². The number of benzene rings is 1. The molecule has 1 aromatic heterocycles. The molecule has 0 spiro atoms. The van der Waals surface area contributed by atoms with Gasteiger partial charge in [0.05, 0.1) is 17.8 Å². The molecule has 1 fully saturated rings. The number of rotatable bonds is 1. The van der Waals surface area contributed by atoms with Gasteiger partial charge in [-0.05, 0) is 19.9 Å². The normalized spacial score (nSPS) is 23.8. The first-order valence-corrected chi connectivity index (χ1v) is 7.44. The molecule has 1 amide bonds. The number of morpholine rings is 1. The van der Waals surface area contributed by atoms with E-state index < -0.39 is 0 Å². The predicted molar refractivity (Wildman–Crippen MR) is 77.7 cm³/mol. The zero-order valence-electron chi connectivity index (χ0n) is 11.1. The van der Waals surface area contributed by atoms with Crippen molar-refractivity contribution in [1.29, 1.82) is 0 Å². The summed E-state index contributed by atoms with van der Waals surface area (Å²) < 4.78 is 6.85. The predicted octanol–water partition coefficient (Wildman–Crippen LogP) is 3.15. The van der Waals surface area contributed by atoms with Crippen LogP contribution >= 0.6 is 11.3 Å². The van der Waals surface area contributed by atoms with E-state index in [0.717, 1.165) is 10.9 Å². The number of amides is 1. The largest absolute Gasteiger partial charge is 0.372 e. The lowest BCUT2D eigenvalue weighted by Crippen LogP contribution is -2.48. The van der Waals surface area contributed by atoms with Crippen molar-refractivity contribution in [2.24, 2.45) is 0 Å². The Morgan fingerprint density at radius 1 is 1.26 bits per heavy atom. The van der Waals surface area contributed by atoms with Crippen LogP contribution in [-0.2, 0) is 4.74 Å². The van der Waals surface area contributed by atoms with Gasteiger partial charge in [-0.3, -0.25) is 4.79 Å². The van der Waals surface area contributed by atoms with Crippen LogP contribution in [0, 0.1) is 0 Å². The molecule has 2 heterocycles. The molecule has 100 valence electrons. The summed E-state index contributed by atoms with van der Waals surface area (Å²) in [6.07, 6.45) is 0.218. The highest BCUT2D eigenvalue weighted by molar-refractivity contribution is 7.17. The van der Waals surface area contributed by atoms with Crippen LogP contribution in [0.15, 0.2) is 29.6 Å². The highest BCUT2D eigenvalue weighted by Gasteiger charge is 2.27. The molecular weight excluding hydrogens is 258 g/mol. The molecule has 0 saturated carbocycles. The molecule has 1 aliphatic heterocycles. The molecule has 19 heavy (non-hydrogen) atoms. The van der Waals surface area contributed by atoms with Gasteiger partial charge in [0.15, 0.2) is 0 Å². The Morgan fingerprint density at radius 3 is 2.68 bits per heavy atom. The number of carbonyl (C=O) groups excluding carboxylic acids is 1. The Morgan fingerprint density at radius 2 is 1.95 bits per heavy atom. The van der Waals surface area contributed by atoms with Crippen molar-refractivity contribution >= 4 is 27.3 Å². The van der Waals surface area contributed by atoms with E-state index in [9.17, 15) is 4.79 Å². The average Bonchev–Trinajstić information content (AvgIpc) is 2.80. The highest BCUT2D eigenvalue weighted by Crippen LogP contribution is 2.27. The molecule has 0 aliphatic carbocycles. The second-order valence-corrected chi connectivity index (χ2v) is 6.02. The number of fused-ring (bicyclic) bond motifs is 1. The first kappa shape index (κ1) is 12.6. The van der Waals surface area contributed by atoms with Crippen molar-refractivity contribution in [2.45, 2.75) is 26.1 Å². The fraction of sp³-hybridized carbons (Fsp3) is 0.400. The lowest BCUT2D eigenvalue weighted by atomic mass is 10.1. The van der Waals surface area contributed by atoms with Crippen molar-refractivity contribution in [3.05, 3.63) is 35.2 Å². The quantitative estimate of drug-likeness (QED) is 0.800. The maximum atomic E-state index is 12.6. The Bertz CT molecular complexity index is 597. The summed E-state index contributed by atoms with van der Waals surface area (Å²) in [6.45, 7) is 5.38. The summed E-state index contributed by atoms with van der Waals surface area (Å²) in [5.41, 5.74) is 0.821. The Balaban J connectivity index is 1.91. The molecule has 0 unspecified atom stereocenters. The number of hydrogen-bond acceptors (Lipinski definition) is 3. The van der Waals surface area contributed by atoms with Gasteiger partial charge in [-0.1, -0.05) is 18.2 Å². The van der Waals surface area contributed by atoms with Gasteiger partial charge in [-0.25, -0.2) is 0 Å². The minimum Gasteiger partial charge on any atom is -0.372 e. The standard InChI is InChI=1S/C15H17NO2S/c1-10-7-16(8-11(2)18-10)15(17)13-9-19-14-6-4-3-5-12(13)14/h3-6,9-11H,7-8H2,1-2H3/t10-,11+. The molecule has 3 nitrogen and oxygen atoms in total. The molecule has 2 aromatic rings. The number of nitrogens with zero attached hydrogens (tertiary/aromatic N) is 1. The summed E-state index contributed by atoms with van der Waals surface area (Å²) in [5.74, 6) is 0.124. The number of carbonyl (C=O) groups is 1. The van der Waals surface area contributed by atoms with Crippen LogP contribution in [0.1, 0.15) is 24.2 Å². The third-order valence-corrected chi connectivity index (χ3v) is 4.38. The first-order valence-electron chi connectivity index (χ1n) is 6.56. The van der Waals surface area contributed by atoms with E-state index in [0.29, 0.717) is 13.1 Å². The van der Waals surface area contributed by atoms with E-state index in [1.54, 1.807) is 11.3 Å². The van der Waals surface area contributed by atoms with Crippen molar-refractivity contribution in [3.63, 3.8) is 0 Å². The fourth-order valence-corrected chi connectivity index (χ4v) is 3.59. The Kier molecular flexibility index (Phi) is 3.29. The minimum atomic E-state index is 0.109. The molecule has 2 atom stereocenters. The summed E-state index contributed by atoms with van der Waals surface area (Å²) in [4.78, 5) is 14.6. The SMILES string of the molecule is C[C@@H]1CN(C(=O)c2csc3ccccc23)C[C@H](C)O1. The van der Waals surface area contributed by atoms with Crippen molar-refractivity contribution < 1.29 is 9.53 Å². The molecular formula is C15H17NO2S. The van der Waals surface area contributed by atoms with Crippen molar-refractivity contribution in [3.8, 4) is 0 Å². The topological polar surface area (TPSA) is 29.5 Å². The van der Waals surface area contributed by atoms with Gasteiger partial charge in [0.2, 0.25) is 0 Å².